The highest BCUT2D eigenvalue weighted by Gasteiger charge is 2.56. The minimum absolute atomic E-state index is 0.654. The van der Waals surface area contributed by atoms with Crippen molar-refractivity contribution in [1.82, 2.24) is 0 Å². The van der Waals surface area contributed by atoms with Crippen molar-refractivity contribution in [2.75, 3.05) is 13.2 Å². The van der Waals surface area contributed by atoms with Crippen LogP contribution in [0.2, 0.25) is 0 Å². The van der Waals surface area contributed by atoms with E-state index < -0.39 is 11.4 Å². The van der Waals surface area contributed by atoms with Crippen LogP contribution >= 0.6 is 0 Å². The van der Waals surface area contributed by atoms with E-state index in [4.69, 9.17) is 9.47 Å². The Morgan fingerprint density at radius 3 is 2.72 bits per heavy atom. The van der Waals surface area contributed by atoms with E-state index >= 15 is 0 Å². The third kappa shape index (κ3) is 1.13. The molecule has 0 atom stereocenters. The third-order valence-electron chi connectivity index (χ3n) is 4.29. The molecule has 18 heavy (non-hydrogen) atoms. The highest BCUT2D eigenvalue weighted by Crippen LogP contribution is 2.56. The predicted molar refractivity (Wildman–Crippen MR) is 63.4 cm³/mol. The third-order valence-corrected chi connectivity index (χ3v) is 4.29. The molecular formula is C14H14O4. The standard InChI is InChI=1S/C14H14O4/c15-13(16)14(3-4-14)11-9-2-6-17-10(9)7-8-1-5-18-12(8)11/h7H,1-6H2,(H,15,16). The molecule has 1 aliphatic carbocycles. The zero-order valence-corrected chi connectivity index (χ0v) is 9.99. The Balaban J connectivity index is 1.99. The number of carboxylic acids is 1. The van der Waals surface area contributed by atoms with Gasteiger partial charge in [0.25, 0.3) is 0 Å². The van der Waals surface area contributed by atoms with Gasteiger partial charge in [-0.3, -0.25) is 4.79 Å². The van der Waals surface area contributed by atoms with Gasteiger partial charge in [0.05, 0.1) is 18.6 Å². The molecule has 1 N–H and O–H groups in total. The van der Waals surface area contributed by atoms with E-state index in [1.54, 1.807) is 0 Å². The van der Waals surface area contributed by atoms with E-state index in [0.717, 1.165) is 41.0 Å². The summed E-state index contributed by atoms with van der Waals surface area (Å²) in [7, 11) is 0. The molecule has 4 nitrogen and oxygen atoms in total. The molecule has 4 heteroatoms. The summed E-state index contributed by atoms with van der Waals surface area (Å²) in [4.78, 5) is 11.6. The number of carbonyl (C=O) groups is 1. The van der Waals surface area contributed by atoms with Crippen LogP contribution in [0.15, 0.2) is 6.07 Å². The van der Waals surface area contributed by atoms with E-state index in [1.807, 2.05) is 6.07 Å². The molecule has 0 saturated heterocycles. The summed E-state index contributed by atoms with van der Waals surface area (Å²) in [5.41, 5.74) is 2.39. The Kier molecular flexibility index (Phi) is 1.81. The summed E-state index contributed by atoms with van der Waals surface area (Å²) in [5, 5.41) is 9.52. The second-order valence-corrected chi connectivity index (χ2v) is 5.30. The van der Waals surface area contributed by atoms with Crippen LogP contribution in [0.25, 0.3) is 0 Å². The molecular weight excluding hydrogens is 232 g/mol. The number of hydrogen-bond acceptors (Lipinski definition) is 3. The summed E-state index contributed by atoms with van der Waals surface area (Å²) in [6, 6.07) is 2.03. The molecule has 0 aromatic heterocycles. The van der Waals surface area contributed by atoms with Crippen molar-refractivity contribution in [1.29, 1.82) is 0 Å². The van der Waals surface area contributed by atoms with Crippen LogP contribution in [0, 0.1) is 0 Å². The van der Waals surface area contributed by atoms with Crippen LogP contribution in [0.1, 0.15) is 29.5 Å². The number of rotatable bonds is 2. The minimum Gasteiger partial charge on any atom is -0.493 e. The first-order valence-corrected chi connectivity index (χ1v) is 6.40. The molecule has 1 aromatic carbocycles. The van der Waals surface area contributed by atoms with Crippen molar-refractivity contribution in [2.45, 2.75) is 31.1 Å². The maximum atomic E-state index is 11.6. The molecule has 3 aliphatic rings. The SMILES string of the molecule is O=C(O)C1(c2c3c(cc4c2OCC4)OCC3)CC1. The van der Waals surface area contributed by atoms with Gasteiger partial charge in [0.2, 0.25) is 0 Å². The normalized spacial score (nSPS) is 21.8. The highest BCUT2D eigenvalue weighted by molar-refractivity contribution is 5.87. The number of carboxylic acid groups (broad SMARTS) is 1. The van der Waals surface area contributed by atoms with Gasteiger partial charge in [-0.2, -0.15) is 0 Å². The van der Waals surface area contributed by atoms with Crippen molar-refractivity contribution in [2.24, 2.45) is 0 Å². The number of ether oxygens (including phenoxy) is 2. The van der Waals surface area contributed by atoms with E-state index in [0.29, 0.717) is 26.1 Å². The predicted octanol–water partition coefficient (Wildman–Crippen LogP) is 1.67. The zero-order chi connectivity index (χ0) is 12.3. The van der Waals surface area contributed by atoms with E-state index in [1.165, 1.54) is 0 Å². The van der Waals surface area contributed by atoms with Crippen molar-refractivity contribution >= 4 is 5.97 Å². The van der Waals surface area contributed by atoms with Crippen molar-refractivity contribution in [3.8, 4) is 11.5 Å². The van der Waals surface area contributed by atoms with Gasteiger partial charge in [-0.15, -0.1) is 0 Å². The van der Waals surface area contributed by atoms with Crippen LogP contribution in [0.5, 0.6) is 11.5 Å². The first-order valence-electron chi connectivity index (χ1n) is 6.40. The molecule has 1 aromatic rings. The average molecular weight is 246 g/mol. The van der Waals surface area contributed by atoms with E-state index in [9.17, 15) is 9.90 Å². The lowest BCUT2D eigenvalue weighted by Gasteiger charge is -2.18. The monoisotopic (exact) mass is 246 g/mol. The lowest BCUT2D eigenvalue weighted by atomic mass is 9.87. The summed E-state index contributed by atoms with van der Waals surface area (Å²) < 4.78 is 11.3. The first kappa shape index (κ1) is 10.2. The number of aliphatic carboxylic acids is 1. The molecule has 4 rings (SSSR count). The van der Waals surface area contributed by atoms with Gasteiger partial charge >= 0.3 is 5.97 Å². The Morgan fingerprint density at radius 2 is 2.00 bits per heavy atom. The summed E-state index contributed by atoms with van der Waals surface area (Å²) >= 11 is 0. The highest BCUT2D eigenvalue weighted by atomic mass is 16.5. The Hall–Kier alpha value is -1.71. The van der Waals surface area contributed by atoms with Crippen molar-refractivity contribution in [3.05, 3.63) is 22.8 Å². The fraction of sp³-hybridized carbons (Fsp3) is 0.500. The molecule has 94 valence electrons. The Bertz CT molecular complexity index is 525. The van der Waals surface area contributed by atoms with Gasteiger partial charge in [0, 0.05) is 29.5 Å². The maximum Gasteiger partial charge on any atom is 0.314 e. The molecule has 2 aliphatic heterocycles. The van der Waals surface area contributed by atoms with Gasteiger partial charge in [0.1, 0.15) is 11.5 Å². The van der Waals surface area contributed by atoms with Crippen LogP contribution in [-0.2, 0) is 23.1 Å². The van der Waals surface area contributed by atoms with Crippen molar-refractivity contribution < 1.29 is 19.4 Å². The first-order chi connectivity index (χ1) is 8.72. The van der Waals surface area contributed by atoms with Crippen LogP contribution in [0.3, 0.4) is 0 Å². The fourth-order valence-corrected chi connectivity index (χ4v) is 3.19. The number of fused-ring (bicyclic) bond motifs is 2. The van der Waals surface area contributed by atoms with Crippen LogP contribution in [0.4, 0.5) is 0 Å². The molecule has 1 saturated carbocycles. The summed E-state index contributed by atoms with van der Waals surface area (Å²) in [6.45, 7) is 1.31. The second-order valence-electron chi connectivity index (χ2n) is 5.30. The molecule has 0 radical (unpaired) electrons. The average Bonchev–Trinajstić information content (AvgIpc) is 2.81. The van der Waals surface area contributed by atoms with E-state index in [-0.39, 0.29) is 0 Å². The van der Waals surface area contributed by atoms with Gasteiger partial charge in [-0.05, 0) is 18.9 Å². The Morgan fingerprint density at radius 1 is 1.22 bits per heavy atom. The van der Waals surface area contributed by atoms with Gasteiger partial charge < -0.3 is 14.6 Å². The van der Waals surface area contributed by atoms with Crippen molar-refractivity contribution in [3.63, 3.8) is 0 Å². The summed E-state index contributed by atoms with van der Waals surface area (Å²) in [6.07, 6.45) is 3.09. The minimum atomic E-state index is -0.722. The number of benzene rings is 1. The molecule has 0 amide bonds. The fourth-order valence-electron chi connectivity index (χ4n) is 3.19. The quantitative estimate of drug-likeness (QED) is 0.862. The zero-order valence-electron chi connectivity index (χ0n) is 9.99. The van der Waals surface area contributed by atoms with E-state index in [2.05, 4.69) is 0 Å². The lowest BCUT2D eigenvalue weighted by molar-refractivity contribution is -0.140. The summed E-state index contributed by atoms with van der Waals surface area (Å²) in [5.74, 6) is 0.987. The molecule has 0 unspecified atom stereocenters. The van der Waals surface area contributed by atoms with Gasteiger partial charge in [-0.25, -0.2) is 0 Å². The smallest absolute Gasteiger partial charge is 0.314 e. The molecule has 1 fully saturated rings. The largest absolute Gasteiger partial charge is 0.493 e. The Labute approximate surface area is 105 Å². The lowest BCUT2D eigenvalue weighted by Crippen LogP contribution is -2.22. The number of hydrogen-bond donors (Lipinski definition) is 1. The van der Waals surface area contributed by atoms with Gasteiger partial charge in [0.15, 0.2) is 0 Å². The molecule has 2 heterocycles. The molecule has 0 spiro atoms. The van der Waals surface area contributed by atoms with Crippen LogP contribution < -0.4 is 9.47 Å². The molecule has 0 bridgehead atoms. The van der Waals surface area contributed by atoms with Gasteiger partial charge in [-0.1, -0.05) is 0 Å². The maximum absolute atomic E-state index is 11.6. The second kappa shape index (κ2) is 3.19. The topological polar surface area (TPSA) is 55.8 Å². The van der Waals surface area contributed by atoms with Crippen LogP contribution in [-0.4, -0.2) is 24.3 Å².